The number of hydrogen-bond acceptors (Lipinski definition) is 4. The second kappa shape index (κ2) is 12.3. The summed E-state index contributed by atoms with van der Waals surface area (Å²) in [4.78, 5) is 20.4. The molecule has 1 aromatic carbocycles. The summed E-state index contributed by atoms with van der Waals surface area (Å²) in [6, 6.07) is 7.75. The summed E-state index contributed by atoms with van der Waals surface area (Å²) in [6.07, 6.45) is -1.61. The first-order chi connectivity index (χ1) is 17.6. The van der Waals surface area contributed by atoms with Gasteiger partial charge in [0.05, 0.1) is 16.8 Å². The van der Waals surface area contributed by atoms with E-state index >= 15 is 0 Å². The molecule has 6 nitrogen and oxygen atoms in total. The van der Waals surface area contributed by atoms with Crippen LogP contribution in [0.1, 0.15) is 37.9 Å². The molecule has 2 unspecified atom stereocenters. The van der Waals surface area contributed by atoms with Crippen LogP contribution < -0.4 is 5.32 Å². The van der Waals surface area contributed by atoms with Crippen molar-refractivity contribution in [2.75, 3.05) is 6.54 Å². The van der Waals surface area contributed by atoms with Gasteiger partial charge in [0.25, 0.3) is 0 Å². The highest BCUT2D eigenvalue weighted by atomic mass is 32.2. The van der Waals surface area contributed by atoms with Gasteiger partial charge in [0.2, 0.25) is 5.91 Å². The Labute approximate surface area is 213 Å². The Balaban J connectivity index is 0.00000186. The molecule has 3 aromatic rings. The van der Waals surface area contributed by atoms with Crippen LogP contribution in [0.15, 0.2) is 59.8 Å². The average Bonchev–Trinajstić information content (AvgIpc) is 3.39. The van der Waals surface area contributed by atoms with E-state index in [4.69, 9.17) is 0 Å². The Morgan fingerprint density at radius 3 is 2.41 bits per heavy atom. The van der Waals surface area contributed by atoms with Crippen LogP contribution in [-0.4, -0.2) is 37.0 Å². The zero-order valence-corrected chi connectivity index (χ0v) is 20.9. The number of nitrogens with one attached hydrogen (secondary N) is 1. The molecule has 1 saturated heterocycles. The molecule has 0 saturated carbocycles. The lowest BCUT2D eigenvalue weighted by Crippen LogP contribution is -2.43. The van der Waals surface area contributed by atoms with Gasteiger partial charge in [0.15, 0.2) is 0 Å². The lowest BCUT2D eigenvalue weighted by Gasteiger charge is -2.22. The highest BCUT2D eigenvalue weighted by Crippen LogP contribution is 2.29. The van der Waals surface area contributed by atoms with Crippen LogP contribution in [0.3, 0.4) is 0 Å². The molecule has 1 amide bonds. The van der Waals surface area contributed by atoms with Gasteiger partial charge >= 0.3 is 6.18 Å². The zero-order valence-electron chi connectivity index (χ0n) is 20.1. The molecule has 3 heterocycles. The number of carbonyl (C=O) groups is 1. The van der Waals surface area contributed by atoms with E-state index in [1.54, 1.807) is 0 Å². The Morgan fingerprint density at radius 2 is 1.78 bits per heavy atom. The first kappa shape index (κ1) is 28.3. The van der Waals surface area contributed by atoms with Gasteiger partial charge in [0, 0.05) is 30.4 Å². The molecule has 2 aromatic heterocycles. The minimum absolute atomic E-state index is 0.0763. The van der Waals surface area contributed by atoms with Crippen molar-refractivity contribution in [3.8, 4) is 11.3 Å². The fourth-order valence-corrected chi connectivity index (χ4v) is 5.04. The van der Waals surface area contributed by atoms with Crippen LogP contribution in [0.5, 0.6) is 0 Å². The number of rotatable bonds is 6. The molecule has 0 aliphatic carbocycles. The standard InChI is InChI=1S/C23H19F5N4O2S.C2H6/c24-16-4-6-17(7-5-16)35(34)32-9-1-2-20(32)22(33)31-12-15-10-19(29-13-18(15)25)14-3-8-21(30-11-14)23(26,27)28;1-2/h3-8,10-11,13,20H,1-2,9,12H2,(H,31,33);1-2H3. The van der Waals surface area contributed by atoms with Gasteiger partial charge in [-0.15, -0.1) is 0 Å². The maximum atomic E-state index is 14.3. The topological polar surface area (TPSA) is 75.2 Å². The van der Waals surface area contributed by atoms with Crippen molar-refractivity contribution in [1.82, 2.24) is 19.6 Å². The van der Waals surface area contributed by atoms with Gasteiger partial charge in [-0.3, -0.25) is 14.8 Å². The quantitative estimate of drug-likeness (QED) is 0.433. The molecule has 0 spiro atoms. The first-order valence-corrected chi connectivity index (χ1v) is 12.6. The van der Waals surface area contributed by atoms with Crippen molar-refractivity contribution in [2.24, 2.45) is 0 Å². The number of benzene rings is 1. The van der Waals surface area contributed by atoms with E-state index in [1.165, 1.54) is 40.7 Å². The van der Waals surface area contributed by atoms with Crippen molar-refractivity contribution in [3.63, 3.8) is 0 Å². The fourth-order valence-electron chi connectivity index (χ4n) is 3.67. The smallest absolute Gasteiger partial charge is 0.351 e. The van der Waals surface area contributed by atoms with E-state index in [-0.39, 0.29) is 23.4 Å². The number of hydrogen-bond donors (Lipinski definition) is 1. The Morgan fingerprint density at radius 1 is 1.08 bits per heavy atom. The number of carbonyl (C=O) groups excluding carboxylic acids is 1. The van der Waals surface area contributed by atoms with Crippen molar-refractivity contribution in [2.45, 2.75) is 50.3 Å². The number of alkyl halides is 3. The summed E-state index contributed by atoms with van der Waals surface area (Å²) in [7, 11) is -1.67. The lowest BCUT2D eigenvalue weighted by molar-refractivity contribution is -0.141. The van der Waals surface area contributed by atoms with E-state index < -0.39 is 46.4 Å². The number of halogens is 5. The summed E-state index contributed by atoms with van der Waals surface area (Å²) < 4.78 is 80.1. The molecule has 12 heteroatoms. The molecule has 4 rings (SSSR count). The van der Waals surface area contributed by atoms with Crippen LogP contribution in [-0.2, 0) is 28.5 Å². The van der Waals surface area contributed by atoms with Crippen LogP contribution in [0.25, 0.3) is 11.3 Å². The highest BCUT2D eigenvalue weighted by Gasteiger charge is 2.35. The molecule has 2 atom stereocenters. The Kier molecular flexibility index (Phi) is 9.44. The average molecular weight is 541 g/mol. The summed E-state index contributed by atoms with van der Waals surface area (Å²) in [5.41, 5.74) is -0.540. The second-order valence-electron chi connectivity index (χ2n) is 7.81. The third-order valence-electron chi connectivity index (χ3n) is 5.47. The third kappa shape index (κ3) is 6.95. The molecule has 0 bridgehead atoms. The van der Waals surface area contributed by atoms with Crippen molar-refractivity contribution in [1.29, 1.82) is 0 Å². The molecule has 1 N–H and O–H groups in total. The van der Waals surface area contributed by atoms with E-state index in [0.717, 1.165) is 18.5 Å². The van der Waals surface area contributed by atoms with Gasteiger partial charge in [-0.1, -0.05) is 13.8 Å². The van der Waals surface area contributed by atoms with Gasteiger partial charge in [0.1, 0.15) is 34.4 Å². The summed E-state index contributed by atoms with van der Waals surface area (Å²) in [5.74, 6) is -1.62. The SMILES string of the molecule is CC.O=C(NCc1cc(-c2ccc(C(F)(F)F)nc2)ncc1F)C1CCCN1S(=O)c1ccc(F)cc1. The molecular weight excluding hydrogens is 515 g/mol. The molecular formula is C25H25F5N4O2S. The molecule has 1 aliphatic rings. The lowest BCUT2D eigenvalue weighted by atomic mass is 10.1. The van der Waals surface area contributed by atoms with Crippen molar-refractivity contribution < 1.29 is 31.0 Å². The molecule has 1 fully saturated rings. The van der Waals surface area contributed by atoms with Gasteiger partial charge in [-0.05, 0) is 55.3 Å². The van der Waals surface area contributed by atoms with Gasteiger partial charge in [-0.25, -0.2) is 17.3 Å². The molecule has 0 radical (unpaired) electrons. The maximum absolute atomic E-state index is 14.3. The fraction of sp³-hybridized carbons (Fsp3) is 0.320. The summed E-state index contributed by atoms with van der Waals surface area (Å²) in [5, 5.41) is 2.63. The van der Waals surface area contributed by atoms with Crippen LogP contribution in [0, 0.1) is 11.6 Å². The predicted octanol–water partition coefficient (Wildman–Crippen LogP) is 5.27. The monoisotopic (exact) mass is 540 g/mol. The molecule has 198 valence electrons. The van der Waals surface area contributed by atoms with Crippen molar-refractivity contribution >= 4 is 16.9 Å². The van der Waals surface area contributed by atoms with E-state index in [9.17, 15) is 31.0 Å². The van der Waals surface area contributed by atoms with Crippen molar-refractivity contribution in [3.05, 3.63) is 77.8 Å². The van der Waals surface area contributed by atoms with E-state index in [1.807, 2.05) is 13.8 Å². The second-order valence-corrected chi connectivity index (χ2v) is 9.25. The maximum Gasteiger partial charge on any atom is 0.433 e. The number of nitrogens with zero attached hydrogens (tertiary/aromatic N) is 3. The van der Waals surface area contributed by atoms with E-state index in [2.05, 4.69) is 15.3 Å². The van der Waals surface area contributed by atoms with Crippen LogP contribution >= 0.6 is 0 Å². The van der Waals surface area contributed by atoms with Crippen LogP contribution in [0.4, 0.5) is 22.0 Å². The minimum atomic E-state index is -4.58. The zero-order chi connectivity index (χ0) is 27.2. The van der Waals surface area contributed by atoms with Gasteiger partial charge < -0.3 is 5.32 Å². The summed E-state index contributed by atoms with van der Waals surface area (Å²) >= 11 is 0. The number of amides is 1. The third-order valence-corrected chi connectivity index (χ3v) is 7.01. The molecule has 1 aliphatic heterocycles. The van der Waals surface area contributed by atoms with E-state index in [0.29, 0.717) is 24.3 Å². The minimum Gasteiger partial charge on any atom is -0.351 e. The van der Waals surface area contributed by atoms with Crippen LogP contribution in [0.2, 0.25) is 0 Å². The normalized spacial score (nSPS) is 16.6. The Hall–Kier alpha value is -3.25. The summed E-state index contributed by atoms with van der Waals surface area (Å²) in [6.45, 7) is 4.19. The highest BCUT2D eigenvalue weighted by molar-refractivity contribution is 7.82. The first-order valence-electron chi connectivity index (χ1n) is 11.5. The molecule has 37 heavy (non-hydrogen) atoms. The Bertz CT molecular complexity index is 1240. The number of aromatic nitrogens is 2. The number of pyridine rings is 2. The van der Waals surface area contributed by atoms with Gasteiger partial charge in [-0.2, -0.15) is 13.2 Å². The predicted molar refractivity (Wildman–Crippen MR) is 128 cm³/mol. The largest absolute Gasteiger partial charge is 0.433 e.